The number of aliphatic carboxylic acids is 1. The Kier molecular flexibility index (Phi) is 8.02. The SMILES string of the molecule is O=C(O)[C@]1(Cc2ccc(Br)cc2)N=C(c2ccc(OCCCO)cc2)O[C@@H]1c1ccc(Cl)cc1Cl. The molecular formula is C26H22BrCl2NO5. The fraction of sp³-hybridized carbons (Fsp3) is 0.231. The molecule has 1 aliphatic heterocycles. The third-order valence-electron chi connectivity index (χ3n) is 5.64. The summed E-state index contributed by atoms with van der Waals surface area (Å²) in [5.74, 6) is -0.310. The molecule has 9 heteroatoms. The van der Waals surface area contributed by atoms with Crippen molar-refractivity contribution in [3.05, 3.63) is 97.9 Å². The summed E-state index contributed by atoms with van der Waals surface area (Å²) >= 11 is 16.0. The Morgan fingerprint density at radius 2 is 1.80 bits per heavy atom. The largest absolute Gasteiger partial charge is 0.494 e. The number of ether oxygens (including phenoxy) is 2. The summed E-state index contributed by atoms with van der Waals surface area (Å²) in [5.41, 5.74) is 0.218. The quantitative estimate of drug-likeness (QED) is 0.299. The van der Waals surface area contributed by atoms with E-state index in [-0.39, 0.29) is 18.9 Å². The van der Waals surface area contributed by atoms with Gasteiger partial charge in [0.15, 0.2) is 6.10 Å². The van der Waals surface area contributed by atoms with Gasteiger partial charge in [-0.05, 0) is 54.1 Å². The Hall–Kier alpha value is -2.58. The van der Waals surface area contributed by atoms with Crippen molar-refractivity contribution in [2.75, 3.05) is 13.2 Å². The minimum atomic E-state index is -1.66. The van der Waals surface area contributed by atoms with Crippen LogP contribution in [0.2, 0.25) is 10.0 Å². The summed E-state index contributed by atoms with van der Waals surface area (Å²) < 4.78 is 12.7. The van der Waals surface area contributed by atoms with Crippen molar-refractivity contribution in [3.63, 3.8) is 0 Å². The molecule has 2 atom stereocenters. The van der Waals surface area contributed by atoms with E-state index in [4.69, 9.17) is 37.8 Å². The van der Waals surface area contributed by atoms with Crippen molar-refractivity contribution >= 4 is 51.0 Å². The molecule has 1 heterocycles. The average molecular weight is 579 g/mol. The number of aliphatic imine (C=N–C) groups is 1. The Labute approximate surface area is 221 Å². The molecule has 4 rings (SSSR count). The van der Waals surface area contributed by atoms with Gasteiger partial charge in [0.2, 0.25) is 11.4 Å². The maximum atomic E-state index is 12.8. The average Bonchev–Trinajstić information content (AvgIpc) is 3.21. The molecule has 0 aliphatic carbocycles. The molecule has 0 aromatic heterocycles. The van der Waals surface area contributed by atoms with E-state index in [1.807, 2.05) is 24.3 Å². The van der Waals surface area contributed by atoms with Crippen LogP contribution >= 0.6 is 39.1 Å². The molecule has 3 aromatic carbocycles. The van der Waals surface area contributed by atoms with Crippen LogP contribution in [0.5, 0.6) is 5.75 Å². The number of benzene rings is 3. The van der Waals surface area contributed by atoms with E-state index in [0.717, 1.165) is 10.0 Å². The monoisotopic (exact) mass is 577 g/mol. The van der Waals surface area contributed by atoms with Crippen LogP contribution in [0.1, 0.15) is 29.2 Å². The van der Waals surface area contributed by atoms with Crippen molar-refractivity contribution in [1.29, 1.82) is 0 Å². The number of carboxylic acids is 1. The lowest BCUT2D eigenvalue weighted by Crippen LogP contribution is -2.43. The van der Waals surface area contributed by atoms with E-state index < -0.39 is 17.6 Å². The number of aliphatic hydroxyl groups is 1. The maximum absolute atomic E-state index is 12.8. The number of nitrogens with zero attached hydrogens (tertiary/aromatic N) is 1. The minimum absolute atomic E-state index is 0.0486. The standard InChI is InChI=1S/C26H22BrCl2NO5/c27-18-6-2-16(3-7-18)15-26(25(32)33)23(21-11-8-19(28)14-22(21)29)35-24(30-26)17-4-9-20(10-5-17)34-13-1-12-31/h2-11,14,23,31H,1,12-13,15H2,(H,32,33)/t23-,26-/m1/s1. The smallest absolute Gasteiger partial charge is 0.336 e. The van der Waals surface area contributed by atoms with E-state index >= 15 is 0 Å². The second-order valence-electron chi connectivity index (χ2n) is 8.06. The van der Waals surface area contributed by atoms with E-state index in [0.29, 0.717) is 39.9 Å². The second kappa shape index (κ2) is 11.0. The predicted octanol–water partition coefficient (Wildman–Crippen LogP) is 6.10. The molecule has 0 saturated heterocycles. The highest BCUT2D eigenvalue weighted by molar-refractivity contribution is 9.10. The zero-order valence-corrected chi connectivity index (χ0v) is 21.6. The Morgan fingerprint density at radius 1 is 1.09 bits per heavy atom. The molecule has 0 unspecified atom stereocenters. The first-order chi connectivity index (χ1) is 16.8. The fourth-order valence-electron chi connectivity index (χ4n) is 3.87. The number of carbonyl (C=O) groups is 1. The zero-order valence-electron chi connectivity index (χ0n) is 18.5. The zero-order chi connectivity index (χ0) is 25.0. The van der Waals surface area contributed by atoms with Crippen LogP contribution in [0, 0.1) is 0 Å². The predicted molar refractivity (Wildman–Crippen MR) is 139 cm³/mol. The fourth-order valence-corrected chi connectivity index (χ4v) is 4.64. The van der Waals surface area contributed by atoms with E-state index in [2.05, 4.69) is 20.9 Å². The normalized spacial score (nSPS) is 19.2. The van der Waals surface area contributed by atoms with Gasteiger partial charge in [0.05, 0.1) is 6.61 Å². The molecule has 0 amide bonds. The molecular weight excluding hydrogens is 557 g/mol. The van der Waals surface area contributed by atoms with E-state index in [1.54, 1.807) is 42.5 Å². The van der Waals surface area contributed by atoms with Crippen molar-refractivity contribution in [2.45, 2.75) is 24.5 Å². The molecule has 0 fully saturated rings. The van der Waals surface area contributed by atoms with Gasteiger partial charge in [0.1, 0.15) is 5.75 Å². The summed E-state index contributed by atoms with van der Waals surface area (Å²) in [6.45, 7) is 0.437. The number of halogens is 3. The van der Waals surface area contributed by atoms with Crippen LogP contribution < -0.4 is 4.74 Å². The van der Waals surface area contributed by atoms with Crippen molar-refractivity contribution < 1.29 is 24.5 Å². The van der Waals surface area contributed by atoms with Crippen LogP contribution in [0.25, 0.3) is 0 Å². The lowest BCUT2D eigenvalue weighted by atomic mass is 9.83. The molecule has 1 aliphatic rings. The molecule has 0 saturated carbocycles. The summed E-state index contributed by atoms with van der Waals surface area (Å²) in [4.78, 5) is 17.5. The van der Waals surface area contributed by atoms with Gasteiger partial charge in [0, 0.05) is 45.1 Å². The van der Waals surface area contributed by atoms with Gasteiger partial charge in [0.25, 0.3) is 0 Å². The van der Waals surface area contributed by atoms with Crippen molar-refractivity contribution in [3.8, 4) is 5.75 Å². The maximum Gasteiger partial charge on any atom is 0.336 e. The first-order valence-electron chi connectivity index (χ1n) is 10.9. The molecule has 182 valence electrons. The van der Waals surface area contributed by atoms with Gasteiger partial charge in [-0.1, -0.05) is 57.3 Å². The van der Waals surface area contributed by atoms with Crippen molar-refractivity contribution in [2.24, 2.45) is 4.99 Å². The van der Waals surface area contributed by atoms with Gasteiger partial charge in [-0.15, -0.1) is 0 Å². The second-order valence-corrected chi connectivity index (χ2v) is 9.82. The number of rotatable bonds is 9. The highest BCUT2D eigenvalue weighted by atomic mass is 79.9. The molecule has 0 radical (unpaired) electrons. The third-order valence-corrected chi connectivity index (χ3v) is 6.73. The number of carboxylic acid groups (broad SMARTS) is 1. The van der Waals surface area contributed by atoms with Crippen LogP contribution in [0.15, 0.2) is 76.2 Å². The third kappa shape index (κ3) is 5.64. The topological polar surface area (TPSA) is 88.4 Å². The number of hydrogen-bond donors (Lipinski definition) is 2. The van der Waals surface area contributed by atoms with Gasteiger partial charge >= 0.3 is 5.97 Å². The van der Waals surface area contributed by atoms with E-state index in [9.17, 15) is 9.90 Å². The Morgan fingerprint density at radius 3 is 2.43 bits per heavy atom. The highest BCUT2D eigenvalue weighted by Gasteiger charge is 2.54. The molecule has 0 bridgehead atoms. The highest BCUT2D eigenvalue weighted by Crippen LogP contribution is 2.45. The molecule has 2 N–H and O–H groups in total. The van der Waals surface area contributed by atoms with Gasteiger partial charge in [-0.2, -0.15) is 0 Å². The summed E-state index contributed by atoms with van der Waals surface area (Å²) in [6.07, 6.45) is -0.368. The van der Waals surface area contributed by atoms with Gasteiger partial charge < -0.3 is 19.7 Å². The van der Waals surface area contributed by atoms with Crippen LogP contribution in [0.3, 0.4) is 0 Å². The molecule has 35 heavy (non-hydrogen) atoms. The summed E-state index contributed by atoms with van der Waals surface area (Å²) in [6, 6.07) is 19.3. The number of aliphatic hydroxyl groups excluding tert-OH is 1. The molecule has 3 aromatic rings. The van der Waals surface area contributed by atoms with Gasteiger partial charge in [-0.3, -0.25) is 0 Å². The Balaban J connectivity index is 1.74. The first kappa shape index (κ1) is 25.5. The molecule has 6 nitrogen and oxygen atoms in total. The van der Waals surface area contributed by atoms with Crippen LogP contribution in [-0.4, -0.2) is 40.8 Å². The van der Waals surface area contributed by atoms with Crippen LogP contribution in [-0.2, 0) is 16.0 Å². The van der Waals surface area contributed by atoms with Crippen LogP contribution in [0.4, 0.5) is 0 Å². The molecule has 0 spiro atoms. The van der Waals surface area contributed by atoms with E-state index in [1.165, 1.54) is 0 Å². The van der Waals surface area contributed by atoms with Gasteiger partial charge in [-0.25, -0.2) is 9.79 Å². The Bertz CT molecular complexity index is 1230. The lowest BCUT2D eigenvalue weighted by Gasteiger charge is -2.28. The first-order valence-corrected chi connectivity index (χ1v) is 12.4. The summed E-state index contributed by atoms with van der Waals surface area (Å²) in [7, 11) is 0. The van der Waals surface area contributed by atoms with Crippen molar-refractivity contribution in [1.82, 2.24) is 0 Å². The lowest BCUT2D eigenvalue weighted by molar-refractivity contribution is -0.146. The number of hydrogen-bond acceptors (Lipinski definition) is 5. The minimum Gasteiger partial charge on any atom is -0.494 e. The summed E-state index contributed by atoms with van der Waals surface area (Å²) in [5, 5.41) is 20.1.